The van der Waals surface area contributed by atoms with E-state index in [0.717, 1.165) is 17.0 Å². The molecule has 0 aromatic heterocycles. The quantitative estimate of drug-likeness (QED) is 0.801. The van der Waals surface area contributed by atoms with Crippen molar-refractivity contribution in [1.29, 1.82) is 0 Å². The topological polar surface area (TPSA) is 37.4 Å². The van der Waals surface area contributed by atoms with Crippen LogP contribution in [0.5, 0.6) is 0 Å². The number of carbonyl (C=O) groups is 1. The van der Waals surface area contributed by atoms with Crippen molar-refractivity contribution < 1.29 is 9.36 Å². The molecule has 0 N–H and O–H groups in total. The van der Waals surface area contributed by atoms with Gasteiger partial charge >= 0.3 is 0 Å². The molecule has 3 rings (SSSR count). The first kappa shape index (κ1) is 17.0. The molecule has 0 saturated carbocycles. The Kier molecular flexibility index (Phi) is 4.40. The maximum Gasteiger partial charge on any atom is 0.228 e. The summed E-state index contributed by atoms with van der Waals surface area (Å²) in [5.41, 5.74) is -0.377. The van der Waals surface area contributed by atoms with Crippen molar-refractivity contribution in [2.24, 2.45) is 5.41 Å². The van der Waals surface area contributed by atoms with Gasteiger partial charge in [0.25, 0.3) is 0 Å². The van der Waals surface area contributed by atoms with Crippen LogP contribution in [0.25, 0.3) is 0 Å². The molecule has 1 aliphatic heterocycles. The zero-order chi connectivity index (χ0) is 17.4. The highest BCUT2D eigenvalue weighted by atomic mass is 31.2. The fourth-order valence-corrected chi connectivity index (χ4v) is 6.63. The predicted molar refractivity (Wildman–Crippen MR) is 99.6 cm³/mol. The molecule has 0 bridgehead atoms. The molecule has 2 aromatic rings. The van der Waals surface area contributed by atoms with Crippen molar-refractivity contribution in [3.05, 3.63) is 60.7 Å². The molecule has 1 fully saturated rings. The van der Waals surface area contributed by atoms with Crippen LogP contribution in [0.3, 0.4) is 0 Å². The van der Waals surface area contributed by atoms with Crippen molar-refractivity contribution in [1.82, 2.24) is 4.90 Å². The largest absolute Gasteiger partial charge is 0.342 e. The molecule has 4 heteroatoms. The van der Waals surface area contributed by atoms with Gasteiger partial charge in [0.2, 0.25) is 5.91 Å². The van der Waals surface area contributed by atoms with Crippen molar-refractivity contribution in [3.8, 4) is 0 Å². The second kappa shape index (κ2) is 6.22. The number of nitrogens with zero attached hydrogens (tertiary/aromatic N) is 1. The molecule has 0 radical (unpaired) electrons. The molecule has 0 spiro atoms. The van der Waals surface area contributed by atoms with Crippen molar-refractivity contribution in [2.45, 2.75) is 26.3 Å². The van der Waals surface area contributed by atoms with Crippen molar-refractivity contribution in [3.63, 3.8) is 0 Å². The first-order chi connectivity index (χ1) is 11.3. The standard InChI is InChI=1S/C20H24NO2P/c1-20(2)14-16(21(3)19(20)22)15-24(23,17-10-6-4-7-11-17)18-12-8-5-9-13-18/h4-13,16H,14-15H2,1-3H3/t16-/m0/s1. The Bertz CT molecular complexity index is 727. The molecule has 3 nitrogen and oxygen atoms in total. The van der Waals surface area contributed by atoms with E-state index in [1.165, 1.54) is 0 Å². The predicted octanol–water partition coefficient (Wildman–Crippen LogP) is 3.26. The summed E-state index contributed by atoms with van der Waals surface area (Å²) in [6.45, 7) is 3.95. The van der Waals surface area contributed by atoms with Gasteiger partial charge in [-0.1, -0.05) is 74.5 Å². The second-order valence-electron chi connectivity index (χ2n) is 7.25. The van der Waals surface area contributed by atoms with Gasteiger partial charge in [-0.3, -0.25) is 4.79 Å². The lowest BCUT2D eigenvalue weighted by Gasteiger charge is -2.26. The van der Waals surface area contributed by atoms with E-state index in [2.05, 4.69) is 0 Å². The zero-order valence-electron chi connectivity index (χ0n) is 14.5. The van der Waals surface area contributed by atoms with Crippen molar-refractivity contribution >= 4 is 23.7 Å². The number of amides is 1. The van der Waals surface area contributed by atoms with Crippen LogP contribution < -0.4 is 10.6 Å². The molecule has 0 aliphatic carbocycles. The summed E-state index contributed by atoms with van der Waals surface area (Å²) in [4.78, 5) is 14.2. The average molecular weight is 341 g/mol. The van der Waals surface area contributed by atoms with Crippen LogP contribution in [-0.2, 0) is 9.36 Å². The molecule has 1 aliphatic rings. The van der Waals surface area contributed by atoms with Gasteiger partial charge < -0.3 is 9.46 Å². The fraction of sp³-hybridized carbons (Fsp3) is 0.350. The Morgan fingerprint density at radius 3 is 1.83 bits per heavy atom. The highest BCUT2D eigenvalue weighted by Crippen LogP contribution is 2.48. The van der Waals surface area contributed by atoms with Crippen LogP contribution in [0.4, 0.5) is 0 Å². The summed E-state index contributed by atoms with van der Waals surface area (Å²) in [6, 6.07) is 19.4. The van der Waals surface area contributed by atoms with Gasteiger partial charge in [-0.25, -0.2) is 0 Å². The van der Waals surface area contributed by atoms with E-state index in [1.807, 2.05) is 81.6 Å². The highest BCUT2D eigenvalue weighted by Gasteiger charge is 2.46. The van der Waals surface area contributed by atoms with E-state index in [-0.39, 0.29) is 17.4 Å². The Labute approximate surface area is 144 Å². The van der Waals surface area contributed by atoms with Gasteiger partial charge in [-0.05, 0) is 6.42 Å². The van der Waals surface area contributed by atoms with Gasteiger partial charge in [0.1, 0.15) is 7.14 Å². The van der Waals surface area contributed by atoms with Gasteiger partial charge in [0, 0.05) is 35.3 Å². The van der Waals surface area contributed by atoms with Crippen LogP contribution in [0, 0.1) is 5.41 Å². The number of carbonyl (C=O) groups excluding carboxylic acids is 1. The van der Waals surface area contributed by atoms with Crippen LogP contribution in [-0.4, -0.2) is 30.1 Å². The zero-order valence-corrected chi connectivity index (χ0v) is 15.4. The highest BCUT2D eigenvalue weighted by molar-refractivity contribution is 7.78. The molecule has 1 atom stereocenters. The molecule has 1 amide bonds. The molecule has 0 unspecified atom stereocenters. The van der Waals surface area contributed by atoms with Crippen LogP contribution in [0.1, 0.15) is 20.3 Å². The van der Waals surface area contributed by atoms with Gasteiger partial charge in [-0.15, -0.1) is 0 Å². The molecule has 24 heavy (non-hydrogen) atoms. The maximum absolute atomic E-state index is 14.1. The monoisotopic (exact) mass is 341 g/mol. The SMILES string of the molecule is CN1C(=O)C(C)(C)C[C@H]1CP(=O)(c1ccccc1)c1ccccc1. The van der Waals surface area contributed by atoms with Crippen LogP contribution in [0.15, 0.2) is 60.7 Å². The fourth-order valence-electron chi connectivity index (χ4n) is 3.64. The smallest absolute Gasteiger partial charge is 0.228 e. The molecule has 1 heterocycles. The lowest BCUT2D eigenvalue weighted by atomic mass is 9.90. The molecular formula is C20H24NO2P. The Hall–Kier alpha value is -1.86. The minimum absolute atomic E-state index is 0.00116. The third-order valence-electron chi connectivity index (χ3n) is 5.01. The van der Waals surface area contributed by atoms with Gasteiger partial charge in [0.15, 0.2) is 0 Å². The molecule has 126 valence electrons. The third kappa shape index (κ3) is 2.93. The molecular weight excluding hydrogens is 317 g/mol. The number of benzene rings is 2. The maximum atomic E-state index is 14.1. The third-order valence-corrected chi connectivity index (χ3v) is 8.21. The van der Waals surface area contributed by atoms with E-state index < -0.39 is 7.14 Å². The van der Waals surface area contributed by atoms with Gasteiger partial charge in [-0.2, -0.15) is 0 Å². The number of hydrogen-bond donors (Lipinski definition) is 0. The molecule has 2 aromatic carbocycles. The number of hydrogen-bond acceptors (Lipinski definition) is 2. The number of rotatable bonds is 4. The Morgan fingerprint density at radius 1 is 1.00 bits per heavy atom. The first-order valence-corrected chi connectivity index (χ1v) is 10.2. The first-order valence-electron chi connectivity index (χ1n) is 8.32. The Morgan fingerprint density at radius 2 is 1.46 bits per heavy atom. The summed E-state index contributed by atoms with van der Waals surface area (Å²) in [5.74, 6) is 0.139. The lowest BCUT2D eigenvalue weighted by Crippen LogP contribution is -2.35. The number of likely N-dealkylation sites (tertiary alicyclic amines) is 1. The normalized spacial score (nSPS) is 20.4. The van der Waals surface area contributed by atoms with E-state index in [9.17, 15) is 9.36 Å². The molecule has 1 saturated heterocycles. The van der Waals surface area contributed by atoms with E-state index in [0.29, 0.717) is 6.16 Å². The summed E-state index contributed by atoms with van der Waals surface area (Å²) < 4.78 is 14.1. The minimum atomic E-state index is -2.79. The van der Waals surface area contributed by atoms with Gasteiger partial charge in [0.05, 0.1) is 0 Å². The van der Waals surface area contributed by atoms with Crippen molar-refractivity contribution in [2.75, 3.05) is 13.2 Å². The van der Waals surface area contributed by atoms with Crippen LogP contribution >= 0.6 is 7.14 Å². The summed E-state index contributed by atoms with van der Waals surface area (Å²) in [5, 5.41) is 1.73. The van der Waals surface area contributed by atoms with E-state index in [1.54, 1.807) is 4.90 Å². The summed E-state index contributed by atoms with van der Waals surface area (Å²) >= 11 is 0. The summed E-state index contributed by atoms with van der Waals surface area (Å²) in [6.07, 6.45) is 1.23. The Balaban J connectivity index is 2.02. The van der Waals surface area contributed by atoms with Crippen LogP contribution in [0.2, 0.25) is 0 Å². The lowest BCUT2D eigenvalue weighted by molar-refractivity contribution is -0.134. The average Bonchev–Trinajstić information content (AvgIpc) is 2.79. The summed E-state index contributed by atoms with van der Waals surface area (Å²) in [7, 11) is -0.952. The second-order valence-corrected chi connectivity index (χ2v) is 10.1. The van der Waals surface area contributed by atoms with E-state index >= 15 is 0 Å². The van der Waals surface area contributed by atoms with E-state index in [4.69, 9.17) is 0 Å². The minimum Gasteiger partial charge on any atom is -0.342 e.